The summed E-state index contributed by atoms with van der Waals surface area (Å²) in [6, 6.07) is 5.70. The highest BCUT2D eigenvalue weighted by Gasteiger charge is 2.09. The first-order chi connectivity index (χ1) is 7.58. The molecule has 0 saturated heterocycles. The lowest BCUT2D eigenvalue weighted by Crippen LogP contribution is -2.11. The largest absolute Gasteiger partial charge is 0.495 e. The number of rotatable bonds is 4. The van der Waals surface area contributed by atoms with Gasteiger partial charge in [-0.15, -0.1) is 0 Å². The van der Waals surface area contributed by atoms with Crippen LogP contribution in [0.25, 0.3) is 0 Å². The Bertz CT molecular complexity index is 377. The van der Waals surface area contributed by atoms with E-state index in [2.05, 4.69) is 5.32 Å². The predicted molar refractivity (Wildman–Crippen MR) is 64.8 cm³/mol. The third-order valence-electron chi connectivity index (χ3n) is 2.46. The average molecular weight is 222 g/mol. The highest BCUT2D eigenvalue weighted by Crippen LogP contribution is 2.28. The average Bonchev–Trinajstić information content (AvgIpc) is 2.27. The van der Waals surface area contributed by atoms with E-state index in [0.717, 1.165) is 5.56 Å². The maximum Gasteiger partial charge on any atom is 0.221 e. The van der Waals surface area contributed by atoms with Gasteiger partial charge in [-0.3, -0.25) is 4.79 Å². The number of benzene rings is 1. The first-order valence-corrected chi connectivity index (χ1v) is 5.24. The highest BCUT2D eigenvalue weighted by molar-refractivity contribution is 5.90. The van der Waals surface area contributed by atoms with Crippen LogP contribution in [0, 0.1) is 0 Å². The van der Waals surface area contributed by atoms with E-state index in [0.29, 0.717) is 18.0 Å². The molecular weight excluding hydrogens is 204 g/mol. The number of anilines is 1. The highest BCUT2D eigenvalue weighted by atomic mass is 16.5. The molecule has 0 radical (unpaired) electrons. The van der Waals surface area contributed by atoms with Gasteiger partial charge in [-0.25, -0.2) is 0 Å². The van der Waals surface area contributed by atoms with E-state index < -0.39 is 0 Å². The number of ether oxygens (including phenoxy) is 1. The molecule has 1 aromatic rings. The van der Waals surface area contributed by atoms with Crippen molar-refractivity contribution < 1.29 is 9.53 Å². The Balaban J connectivity index is 3.05. The van der Waals surface area contributed by atoms with Crippen molar-refractivity contribution in [1.29, 1.82) is 0 Å². The summed E-state index contributed by atoms with van der Waals surface area (Å²) in [5, 5.41) is 2.74. The van der Waals surface area contributed by atoms with Crippen molar-refractivity contribution in [2.45, 2.75) is 19.8 Å². The van der Waals surface area contributed by atoms with Gasteiger partial charge in [-0.2, -0.15) is 0 Å². The van der Waals surface area contributed by atoms with Crippen LogP contribution in [0.15, 0.2) is 18.2 Å². The second-order valence-corrected chi connectivity index (χ2v) is 3.78. The fourth-order valence-corrected chi connectivity index (χ4v) is 1.46. The Labute approximate surface area is 95.8 Å². The molecule has 1 aromatic carbocycles. The van der Waals surface area contributed by atoms with E-state index in [-0.39, 0.29) is 11.8 Å². The van der Waals surface area contributed by atoms with Gasteiger partial charge in [0.2, 0.25) is 5.91 Å². The summed E-state index contributed by atoms with van der Waals surface area (Å²) < 4.78 is 5.17. The molecule has 0 aliphatic rings. The van der Waals surface area contributed by atoms with Crippen LogP contribution in [0.2, 0.25) is 0 Å². The molecule has 0 fully saturated rings. The molecule has 0 aromatic heterocycles. The van der Waals surface area contributed by atoms with Crippen LogP contribution in [0.1, 0.15) is 25.3 Å². The molecule has 16 heavy (non-hydrogen) atoms. The normalized spacial score (nSPS) is 12.0. The van der Waals surface area contributed by atoms with E-state index in [9.17, 15) is 4.79 Å². The third-order valence-corrected chi connectivity index (χ3v) is 2.46. The van der Waals surface area contributed by atoms with Crippen LogP contribution in [-0.4, -0.2) is 19.6 Å². The first kappa shape index (κ1) is 12.5. The van der Waals surface area contributed by atoms with E-state index >= 15 is 0 Å². The predicted octanol–water partition coefficient (Wildman–Crippen LogP) is 1.72. The Morgan fingerprint density at radius 3 is 2.75 bits per heavy atom. The minimum Gasteiger partial charge on any atom is -0.495 e. The van der Waals surface area contributed by atoms with E-state index in [1.54, 1.807) is 7.11 Å². The van der Waals surface area contributed by atoms with Crippen LogP contribution < -0.4 is 15.8 Å². The second kappa shape index (κ2) is 5.51. The molecule has 1 unspecified atom stereocenters. The van der Waals surface area contributed by atoms with E-state index in [4.69, 9.17) is 10.5 Å². The number of carbonyl (C=O) groups is 1. The molecule has 88 valence electrons. The van der Waals surface area contributed by atoms with Gasteiger partial charge in [0.15, 0.2) is 0 Å². The van der Waals surface area contributed by atoms with Gasteiger partial charge in [-0.05, 0) is 30.2 Å². The maximum absolute atomic E-state index is 11.0. The topological polar surface area (TPSA) is 64.3 Å². The Morgan fingerprint density at radius 1 is 1.56 bits per heavy atom. The van der Waals surface area contributed by atoms with Crippen molar-refractivity contribution in [1.82, 2.24) is 0 Å². The Kier molecular flexibility index (Phi) is 4.31. The Morgan fingerprint density at radius 2 is 2.25 bits per heavy atom. The SMILES string of the molecule is COc1ccc(C(C)CN)cc1NC(C)=O. The fraction of sp³-hybridized carbons (Fsp3) is 0.417. The molecule has 4 nitrogen and oxygen atoms in total. The molecule has 0 bridgehead atoms. The zero-order valence-electron chi connectivity index (χ0n) is 9.91. The molecule has 3 N–H and O–H groups in total. The molecule has 1 amide bonds. The van der Waals surface area contributed by atoms with Gasteiger partial charge >= 0.3 is 0 Å². The van der Waals surface area contributed by atoms with Crippen LogP contribution in [0.5, 0.6) is 5.75 Å². The third kappa shape index (κ3) is 2.97. The number of nitrogens with one attached hydrogen (secondary N) is 1. The van der Waals surface area contributed by atoms with Crippen molar-refractivity contribution in [3.05, 3.63) is 23.8 Å². The molecule has 1 atom stereocenters. The summed E-state index contributed by atoms with van der Waals surface area (Å²) in [6.07, 6.45) is 0. The maximum atomic E-state index is 11.0. The lowest BCUT2D eigenvalue weighted by atomic mass is 10.0. The zero-order valence-corrected chi connectivity index (χ0v) is 9.91. The fourth-order valence-electron chi connectivity index (χ4n) is 1.46. The summed E-state index contributed by atoms with van der Waals surface area (Å²) in [5.41, 5.74) is 7.38. The smallest absolute Gasteiger partial charge is 0.221 e. The van der Waals surface area contributed by atoms with Crippen LogP contribution in [-0.2, 0) is 4.79 Å². The summed E-state index contributed by atoms with van der Waals surface area (Å²) >= 11 is 0. The van der Waals surface area contributed by atoms with Gasteiger partial charge in [0.1, 0.15) is 5.75 Å². The number of carbonyl (C=O) groups excluding carboxylic acids is 1. The monoisotopic (exact) mass is 222 g/mol. The van der Waals surface area contributed by atoms with Crippen LogP contribution >= 0.6 is 0 Å². The van der Waals surface area contributed by atoms with Gasteiger partial charge in [0.05, 0.1) is 12.8 Å². The van der Waals surface area contributed by atoms with Gasteiger partial charge in [0.25, 0.3) is 0 Å². The quantitative estimate of drug-likeness (QED) is 0.815. The molecular formula is C12H18N2O2. The van der Waals surface area contributed by atoms with Crippen molar-refractivity contribution in [2.75, 3.05) is 19.0 Å². The van der Waals surface area contributed by atoms with E-state index in [1.807, 2.05) is 25.1 Å². The molecule has 0 aliphatic heterocycles. The van der Waals surface area contributed by atoms with Gasteiger partial charge < -0.3 is 15.8 Å². The van der Waals surface area contributed by atoms with Crippen molar-refractivity contribution in [3.63, 3.8) is 0 Å². The number of methoxy groups -OCH3 is 1. The summed E-state index contributed by atoms with van der Waals surface area (Å²) in [7, 11) is 1.58. The molecule has 4 heteroatoms. The summed E-state index contributed by atoms with van der Waals surface area (Å²) in [5.74, 6) is 0.803. The van der Waals surface area contributed by atoms with Crippen molar-refractivity contribution in [3.8, 4) is 5.75 Å². The first-order valence-electron chi connectivity index (χ1n) is 5.24. The second-order valence-electron chi connectivity index (χ2n) is 3.78. The number of hydrogen-bond acceptors (Lipinski definition) is 3. The standard InChI is InChI=1S/C12H18N2O2/c1-8(7-13)10-4-5-12(16-3)11(6-10)14-9(2)15/h4-6,8H,7,13H2,1-3H3,(H,14,15). The van der Waals surface area contributed by atoms with Gasteiger partial charge in [0, 0.05) is 6.92 Å². The van der Waals surface area contributed by atoms with Crippen LogP contribution in [0.4, 0.5) is 5.69 Å². The lowest BCUT2D eigenvalue weighted by molar-refractivity contribution is -0.114. The zero-order chi connectivity index (χ0) is 12.1. The Hall–Kier alpha value is -1.55. The molecule has 1 rings (SSSR count). The lowest BCUT2D eigenvalue weighted by Gasteiger charge is -2.14. The summed E-state index contributed by atoms with van der Waals surface area (Å²) in [6.45, 7) is 4.09. The molecule has 0 saturated carbocycles. The van der Waals surface area contributed by atoms with Crippen LogP contribution in [0.3, 0.4) is 0 Å². The van der Waals surface area contributed by atoms with Gasteiger partial charge in [-0.1, -0.05) is 13.0 Å². The molecule has 0 aliphatic carbocycles. The van der Waals surface area contributed by atoms with Crippen molar-refractivity contribution in [2.24, 2.45) is 5.73 Å². The molecule has 0 spiro atoms. The van der Waals surface area contributed by atoms with E-state index in [1.165, 1.54) is 6.92 Å². The van der Waals surface area contributed by atoms with Crippen molar-refractivity contribution >= 4 is 11.6 Å². The number of nitrogens with two attached hydrogens (primary N) is 1. The number of hydrogen-bond donors (Lipinski definition) is 2. The molecule has 0 heterocycles. The summed E-state index contributed by atoms with van der Waals surface area (Å²) in [4.78, 5) is 11.0. The minimum absolute atomic E-state index is 0.115. The number of amides is 1. The minimum atomic E-state index is -0.115.